The van der Waals surface area contributed by atoms with Gasteiger partial charge in [-0.25, -0.2) is 4.98 Å². The van der Waals surface area contributed by atoms with E-state index in [-0.39, 0.29) is 5.91 Å². The summed E-state index contributed by atoms with van der Waals surface area (Å²) >= 11 is 3.29. The Hall–Kier alpha value is -1.37. The molecule has 0 radical (unpaired) electrons. The molecule has 0 atom stereocenters. The van der Waals surface area contributed by atoms with Crippen LogP contribution in [0.3, 0.4) is 0 Å². The van der Waals surface area contributed by atoms with Gasteiger partial charge in [-0.2, -0.15) is 0 Å². The van der Waals surface area contributed by atoms with Crippen molar-refractivity contribution in [1.82, 2.24) is 4.98 Å². The zero-order valence-corrected chi connectivity index (χ0v) is 13.9. The highest BCUT2D eigenvalue weighted by molar-refractivity contribution is 8.00. The fourth-order valence-corrected chi connectivity index (χ4v) is 4.54. The van der Waals surface area contributed by atoms with E-state index in [0.717, 1.165) is 15.6 Å². The minimum Gasteiger partial charge on any atom is -0.325 e. The molecule has 6 heteroatoms. The van der Waals surface area contributed by atoms with E-state index in [4.69, 9.17) is 5.73 Å². The van der Waals surface area contributed by atoms with E-state index in [1.807, 2.05) is 30.0 Å². The van der Waals surface area contributed by atoms with Crippen LogP contribution in [0.5, 0.6) is 0 Å². The van der Waals surface area contributed by atoms with Gasteiger partial charge in [0, 0.05) is 22.1 Å². The molecule has 3 N–H and O–H groups in total. The van der Waals surface area contributed by atoms with Crippen LogP contribution in [-0.4, -0.2) is 16.1 Å². The molecule has 0 bridgehead atoms. The monoisotopic (exact) mass is 333 g/mol. The number of carbonyl (C=O) groups is 1. The van der Waals surface area contributed by atoms with Crippen molar-refractivity contribution in [3.63, 3.8) is 0 Å². The number of thiazole rings is 1. The summed E-state index contributed by atoms with van der Waals surface area (Å²) in [4.78, 5) is 17.7. The Morgan fingerprint density at radius 1 is 1.36 bits per heavy atom. The number of nitrogens with two attached hydrogens (primary N) is 1. The Labute approximate surface area is 138 Å². The molecule has 0 aliphatic heterocycles. The van der Waals surface area contributed by atoms with Crippen LogP contribution in [0.2, 0.25) is 0 Å². The van der Waals surface area contributed by atoms with Crippen molar-refractivity contribution >= 4 is 34.7 Å². The van der Waals surface area contributed by atoms with Crippen molar-refractivity contribution < 1.29 is 4.79 Å². The minimum absolute atomic E-state index is 0.171. The van der Waals surface area contributed by atoms with E-state index in [0.29, 0.717) is 17.5 Å². The molecule has 1 aliphatic carbocycles. The van der Waals surface area contributed by atoms with Crippen molar-refractivity contribution in [2.75, 3.05) is 5.32 Å². The van der Waals surface area contributed by atoms with E-state index in [1.54, 1.807) is 5.38 Å². The molecule has 22 heavy (non-hydrogen) atoms. The predicted octanol–water partition coefficient (Wildman–Crippen LogP) is 3.89. The summed E-state index contributed by atoms with van der Waals surface area (Å²) in [5.41, 5.74) is 6.85. The van der Waals surface area contributed by atoms with Crippen molar-refractivity contribution in [3.8, 4) is 0 Å². The fourth-order valence-electron chi connectivity index (χ4n) is 2.55. The number of hydrogen-bond acceptors (Lipinski definition) is 5. The summed E-state index contributed by atoms with van der Waals surface area (Å²) in [6.45, 7) is 0.367. The SMILES string of the molecule is NCc1nc(C(=O)Nc2ccccc2SC2CCCC2)cs1. The summed E-state index contributed by atoms with van der Waals surface area (Å²) in [6.07, 6.45) is 5.15. The first-order chi connectivity index (χ1) is 10.8. The molecule has 1 aromatic carbocycles. The Morgan fingerprint density at radius 3 is 2.86 bits per heavy atom. The highest BCUT2D eigenvalue weighted by Gasteiger charge is 2.18. The number of rotatable bonds is 5. The van der Waals surface area contributed by atoms with Gasteiger partial charge in [-0.3, -0.25) is 4.79 Å². The van der Waals surface area contributed by atoms with Crippen LogP contribution in [0, 0.1) is 0 Å². The topological polar surface area (TPSA) is 68.0 Å². The Balaban J connectivity index is 1.72. The van der Waals surface area contributed by atoms with Gasteiger partial charge < -0.3 is 11.1 Å². The first-order valence-corrected chi connectivity index (χ1v) is 9.23. The molecule has 116 valence electrons. The third-order valence-electron chi connectivity index (χ3n) is 3.69. The average molecular weight is 333 g/mol. The van der Waals surface area contributed by atoms with Crippen LogP contribution in [0.1, 0.15) is 41.2 Å². The molecule has 1 fully saturated rings. The lowest BCUT2D eigenvalue weighted by atomic mass is 10.3. The molecule has 0 spiro atoms. The smallest absolute Gasteiger partial charge is 0.275 e. The van der Waals surface area contributed by atoms with Gasteiger partial charge in [0.2, 0.25) is 0 Å². The number of para-hydroxylation sites is 1. The molecule has 4 nitrogen and oxygen atoms in total. The summed E-state index contributed by atoms with van der Waals surface area (Å²) in [5, 5.41) is 6.18. The van der Waals surface area contributed by atoms with Crippen LogP contribution in [0.4, 0.5) is 5.69 Å². The van der Waals surface area contributed by atoms with Gasteiger partial charge in [-0.15, -0.1) is 23.1 Å². The van der Waals surface area contributed by atoms with Crippen LogP contribution >= 0.6 is 23.1 Å². The molecule has 0 saturated heterocycles. The highest BCUT2D eigenvalue weighted by Crippen LogP contribution is 2.38. The van der Waals surface area contributed by atoms with Crippen molar-refractivity contribution in [1.29, 1.82) is 0 Å². The Morgan fingerprint density at radius 2 is 2.14 bits per heavy atom. The standard InChI is InChI=1S/C16H19N3OS2/c17-9-15-18-13(10-21-15)16(20)19-12-7-3-4-8-14(12)22-11-5-1-2-6-11/h3-4,7-8,10-11H,1-2,5-6,9,17H2,(H,19,20). The van der Waals surface area contributed by atoms with Gasteiger partial charge in [0.15, 0.2) is 0 Å². The number of nitrogens with one attached hydrogen (secondary N) is 1. The van der Waals surface area contributed by atoms with E-state index in [2.05, 4.69) is 16.4 Å². The molecule has 1 aromatic heterocycles. The van der Waals surface area contributed by atoms with Gasteiger partial charge in [-0.05, 0) is 25.0 Å². The van der Waals surface area contributed by atoms with Crippen LogP contribution in [0.15, 0.2) is 34.5 Å². The zero-order chi connectivity index (χ0) is 15.4. The number of aromatic nitrogens is 1. The maximum absolute atomic E-state index is 12.3. The van der Waals surface area contributed by atoms with Gasteiger partial charge in [0.05, 0.1) is 5.69 Å². The number of thioether (sulfide) groups is 1. The minimum atomic E-state index is -0.171. The number of benzene rings is 1. The summed E-state index contributed by atoms with van der Waals surface area (Å²) in [7, 11) is 0. The molecule has 1 saturated carbocycles. The Kier molecular flexibility index (Phi) is 5.12. The lowest BCUT2D eigenvalue weighted by molar-refractivity contribution is 0.102. The van der Waals surface area contributed by atoms with Crippen molar-refractivity contribution in [3.05, 3.63) is 40.3 Å². The van der Waals surface area contributed by atoms with E-state index in [1.165, 1.54) is 37.0 Å². The largest absolute Gasteiger partial charge is 0.325 e. The maximum atomic E-state index is 12.3. The number of carbonyl (C=O) groups excluding carboxylic acids is 1. The molecule has 1 aliphatic rings. The normalized spacial score (nSPS) is 15.1. The third kappa shape index (κ3) is 3.69. The number of nitrogens with zero attached hydrogens (tertiary/aromatic N) is 1. The van der Waals surface area contributed by atoms with Crippen molar-refractivity contribution in [2.45, 2.75) is 42.4 Å². The van der Waals surface area contributed by atoms with E-state index in [9.17, 15) is 4.79 Å². The summed E-state index contributed by atoms with van der Waals surface area (Å²) in [5.74, 6) is -0.171. The second-order valence-corrected chi connectivity index (χ2v) is 7.59. The molecule has 1 heterocycles. The first kappa shape index (κ1) is 15.5. The average Bonchev–Trinajstić information content (AvgIpc) is 3.20. The quantitative estimate of drug-likeness (QED) is 0.871. The van der Waals surface area contributed by atoms with Crippen LogP contribution in [-0.2, 0) is 6.54 Å². The second-order valence-electron chi connectivity index (χ2n) is 5.31. The van der Waals surface area contributed by atoms with E-state index < -0.39 is 0 Å². The summed E-state index contributed by atoms with van der Waals surface area (Å²) in [6, 6.07) is 7.99. The van der Waals surface area contributed by atoms with Crippen molar-refractivity contribution in [2.24, 2.45) is 5.73 Å². The second kappa shape index (κ2) is 7.26. The third-order valence-corrected chi connectivity index (χ3v) is 5.98. The maximum Gasteiger partial charge on any atom is 0.275 e. The van der Waals surface area contributed by atoms with Gasteiger partial charge in [-0.1, -0.05) is 25.0 Å². The zero-order valence-electron chi connectivity index (χ0n) is 12.2. The fraction of sp³-hybridized carbons (Fsp3) is 0.375. The predicted molar refractivity (Wildman–Crippen MR) is 92.5 cm³/mol. The lowest BCUT2D eigenvalue weighted by Crippen LogP contribution is -2.13. The number of anilines is 1. The first-order valence-electron chi connectivity index (χ1n) is 7.48. The molecular formula is C16H19N3OS2. The molecule has 1 amide bonds. The number of amides is 1. The molecule has 0 unspecified atom stereocenters. The molecular weight excluding hydrogens is 314 g/mol. The lowest BCUT2D eigenvalue weighted by Gasteiger charge is -2.13. The van der Waals surface area contributed by atoms with Crippen LogP contribution < -0.4 is 11.1 Å². The molecule has 3 rings (SSSR count). The van der Waals surface area contributed by atoms with E-state index >= 15 is 0 Å². The molecule has 2 aromatic rings. The van der Waals surface area contributed by atoms with Gasteiger partial charge >= 0.3 is 0 Å². The summed E-state index contributed by atoms with van der Waals surface area (Å²) < 4.78 is 0. The Bertz CT molecular complexity index is 650. The highest BCUT2D eigenvalue weighted by atomic mass is 32.2. The van der Waals surface area contributed by atoms with Gasteiger partial charge in [0.25, 0.3) is 5.91 Å². The van der Waals surface area contributed by atoms with Crippen LogP contribution in [0.25, 0.3) is 0 Å². The number of hydrogen-bond donors (Lipinski definition) is 2. The van der Waals surface area contributed by atoms with Gasteiger partial charge in [0.1, 0.15) is 10.7 Å².